The second-order valence-corrected chi connectivity index (χ2v) is 12.9. The van der Waals surface area contributed by atoms with Crippen molar-refractivity contribution in [3.05, 3.63) is 32.9 Å². The highest BCUT2D eigenvalue weighted by molar-refractivity contribution is 7.89. The number of rotatable bonds is 10. The fraction of sp³-hybridized carbons (Fsp3) is 0.500. The van der Waals surface area contributed by atoms with E-state index in [0.717, 1.165) is 23.5 Å². The van der Waals surface area contributed by atoms with Crippen molar-refractivity contribution in [2.75, 3.05) is 13.1 Å². The number of carbonyl (C=O) groups excluding carboxylic acids is 2. The Balaban J connectivity index is 2.57. The minimum Gasteiger partial charge on any atom is -0.389 e. The smallest absolute Gasteiger partial charge is 0.389 e. The number of benzene rings is 1. The molecule has 4 N–H and O–H groups in total. The van der Waals surface area contributed by atoms with Crippen molar-refractivity contribution < 1.29 is 36.3 Å². The highest BCUT2D eigenvalue weighted by Crippen LogP contribution is 2.41. The van der Waals surface area contributed by atoms with E-state index >= 15 is 0 Å². The molecule has 2 aromatic rings. The van der Waals surface area contributed by atoms with Crippen molar-refractivity contribution in [1.82, 2.24) is 20.3 Å². The molecule has 0 aliphatic carbocycles. The first-order valence-electron chi connectivity index (χ1n) is 11.1. The molecular formula is C22H27Cl2F3N4O5S2. The van der Waals surface area contributed by atoms with Crippen molar-refractivity contribution in [1.29, 1.82) is 0 Å². The lowest BCUT2D eigenvalue weighted by molar-refractivity contribution is -0.147. The predicted octanol–water partition coefficient (Wildman–Crippen LogP) is 4.23. The Morgan fingerprint density at radius 3 is 2.21 bits per heavy atom. The summed E-state index contributed by atoms with van der Waals surface area (Å²) in [5.41, 5.74) is -1.38. The topological polar surface area (TPSA) is 137 Å². The molecule has 0 aliphatic rings. The van der Waals surface area contributed by atoms with Crippen LogP contribution in [-0.2, 0) is 10.0 Å². The van der Waals surface area contributed by atoms with Crippen LogP contribution in [0, 0.1) is 5.92 Å². The molecule has 1 heterocycles. The molecule has 0 unspecified atom stereocenters. The number of hydrogen-bond donors (Lipinski definition) is 4. The van der Waals surface area contributed by atoms with Gasteiger partial charge in [0.05, 0.1) is 20.5 Å². The molecule has 0 saturated heterocycles. The normalized spacial score (nSPS) is 13.5. The summed E-state index contributed by atoms with van der Waals surface area (Å²) >= 11 is 13.3. The lowest BCUT2D eigenvalue weighted by atomic mass is 10.1. The molecule has 2 amide bonds. The Kier molecular flexibility index (Phi) is 10.2. The molecule has 2 rings (SSSR count). The first-order valence-corrected chi connectivity index (χ1v) is 14.2. The number of aromatic nitrogens is 1. The van der Waals surface area contributed by atoms with Gasteiger partial charge in [-0.1, -0.05) is 43.1 Å². The van der Waals surface area contributed by atoms with Crippen LogP contribution in [0.4, 0.5) is 13.2 Å². The van der Waals surface area contributed by atoms with E-state index in [-0.39, 0.29) is 45.2 Å². The number of alkyl halides is 3. The van der Waals surface area contributed by atoms with E-state index in [2.05, 4.69) is 15.6 Å². The van der Waals surface area contributed by atoms with Gasteiger partial charge in [-0.2, -0.15) is 17.9 Å². The molecule has 1 atom stereocenters. The van der Waals surface area contributed by atoms with Crippen LogP contribution in [-0.4, -0.2) is 61.2 Å². The molecule has 0 spiro atoms. The fourth-order valence-electron chi connectivity index (χ4n) is 2.78. The number of amides is 2. The Labute approximate surface area is 232 Å². The number of hydrogen-bond acceptors (Lipinski definition) is 7. The first-order chi connectivity index (χ1) is 17.2. The Morgan fingerprint density at radius 1 is 1.08 bits per heavy atom. The number of aliphatic hydroxyl groups is 1. The molecule has 0 aliphatic heterocycles. The van der Waals surface area contributed by atoms with Crippen molar-refractivity contribution in [2.45, 2.75) is 57.3 Å². The van der Waals surface area contributed by atoms with Gasteiger partial charge in [-0.15, -0.1) is 11.3 Å². The SMILES string of the molecule is CC(C)CNC(=O)c1nc(C(=O)NCC(C)(C)O)sc1-c1ccc(S(=O)(=O)N[C@@H](C)C(F)(F)F)c(Cl)c1Cl. The highest BCUT2D eigenvalue weighted by atomic mass is 35.5. The van der Waals surface area contributed by atoms with Crippen molar-refractivity contribution in [2.24, 2.45) is 5.92 Å². The summed E-state index contributed by atoms with van der Waals surface area (Å²) in [4.78, 5) is 29.1. The predicted molar refractivity (Wildman–Crippen MR) is 139 cm³/mol. The van der Waals surface area contributed by atoms with E-state index in [1.165, 1.54) is 18.6 Å². The molecule has 0 radical (unpaired) electrons. The van der Waals surface area contributed by atoms with Crippen LogP contribution in [0.15, 0.2) is 17.0 Å². The minimum absolute atomic E-state index is 0.0354. The van der Waals surface area contributed by atoms with Gasteiger partial charge in [0.15, 0.2) is 5.01 Å². The number of nitrogens with one attached hydrogen (secondary N) is 3. The van der Waals surface area contributed by atoms with Crippen LogP contribution in [0.5, 0.6) is 0 Å². The Morgan fingerprint density at radius 2 is 1.68 bits per heavy atom. The average molecular weight is 620 g/mol. The van der Waals surface area contributed by atoms with Gasteiger partial charge in [0.1, 0.15) is 16.6 Å². The van der Waals surface area contributed by atoms with Crippen LogP contribution < -0.4 is 15.4 Å². The van der Waals surface area contributed by atoms with Gasteiger partial charge in [0.25, 0.3) is 11.8 Å². The maximum atomic E-state index is 12.9. The number of thiazole rings is 1. The summed E-state index contributed by atoms with van der Waals surface area (Å²) < 4.78 is 65.4. The third-order valence-corrected chi connectivity index (χ3v) is 8.46. The minimum atomic E-state index is -4.84. The summed E-state index contributed by atoms with van der Waals surface area (Å²) in [5.74, 6) is -1.24. The number of sulfonamides is 1. The summed E-state index contributed by atoms with van der Waals surface area (Å²) in [7, 11) is -4.73. The van der Waals surface area contributed by atoms with Gasteiger partial charge in [-0.05, 0) is 32.8 Å². The van der Waals surface area contributed by atoms with E-state index in [9.17, 15) is 36.3 Å². The van der Waals surface area contributed by atoms with Crippen LogP contribution in [0.25, 0.3) is 10.4 Å². The first kappa shape index (κ1) is 32.2. The molecule has 38 heavy (non-hydrogen) atoms. The highest BCUT2D eigenvalue weighted by Gasteiger charge is 2.39. The molecule has 1 aromatic carbocycles. The van der Waals surface area contributed by atoms with Crippen molar-refractivity contribution >= 4 is 56.4 Å². The maximum absolute atomic E-state index is 12.9. The number of halogens is 5. The monoisotopic (exact) mass is 618 g/mol. The third-order valence-electron chi connectivity index (χ3n) is 4.79. The summed E-state index contributed by atoms with van der Waals surface area (Å²) in [5, 5.41) is 13.9. The van der Waals surface area contributed by atoms with E-state index in [0.29, 0.717) is 6.92 Å². The van der Waals surface area contributed by atoms with Crippen LogP contribution in [0.2, 0.25) is 10.0 Å². The van der Waals surface area contributed by atoms with Gasteiger partial charge < -0.3 is 15.7 Å². The number of nitrogens with zero attached hydrogens (tertiary/aromatic N) is 1. The fourth-order valence-corrected chi connectivity index (χ4v) is 5.95. The molecule has 0 bridgehead atoms. The molecule has 16 heteroatoms. The average Bonchev–Trinajstić information content (AvgIpc) is 3.21. The van der Waals surface area contributed by atoms with Crippen LogP contribution in [0.1, 0.15) is 54.9 Å². The lowest BCUT2D eigenvalue weighted by Gasteiger charge is -2.18. The number of carbonyl (C=O) groups is 2. The largest absolute Gasteiger partial charge is 0.404 e. The molecule has 0 saturated carbocycles. The molecule has 9 nitrogen and oxygen atoms in total. The van der Waals surface area contributed by atoms with E-state index in [1.807, 2.05) is 13.8 Å². The summed E-state index contributed by atoms with van der Waals surface area (Å²) in [6, 6.07) is -0.296. The van der Waals surface area contributed by atoms with Gasteiger partial charge in [-0.3, -0.25) is 9.59 Å². The van der Waals surface area contributed by atoms with E-state index < -0.39 is 49.6 Å². The maximum Gasteiger partial charge on any atom is 0.404 e. The molecular weight excluding hydrogens is 592 g/mol. The lowest BCUT2D eigenvalue weighted by Crippen LogP contribution is -2.43. The van der Waals surface area contributed by atoms with Gasteiger partial charge in [0, 0.05) is 18.7 Å². The quantitative estimate of drug-likeness (QED) is 0.314. The van der Waals surface area contributed by atoms with Crippen molar-refractivity contribution in [3.63, 3.8) is 0 Å². The zero-order valence-electron chi connectivity index (χ0n) is 21.0. The molecule has 1 aromatic heterocycles. The van der Waals surface area contributed by atoms with E-state index in [4.69, 9.17) is 23.2 Å². The van der Waals surface area contributed by atoms with Crippen LogP contribution in [0.3, 0.4) is 0 Å². The second-order valence-electron chi connectivity index (χ2n) is 9.42. The summed E-state index contributed by atoms with van der Waals surface area (Å²) in [6.45, 7) is 7.48. The van der Waals surface area contributed by atoms with E-state index in [1.54, 1.807) is 0 Å². The van der Waals surface area contributed by atoms with Gasteiger partial charge >= 0.3 is 6.18 Å². The Bertz CT molecular complexity index is 1310. The van der Waals surface area contributed by atoms with Crippen molar-refractivity contribution in [3.8, 4) is 10.4 Å². The van der Waals surface area contributed by atoms with Gasteiger partial charge in [-0.25, -0.2) is 13.4 Å². The van der Waals surface area contributed by atoms with Crippen LogP contribution >= 0.6 is 34.5 Å². The summed E-state index contributed by atoms with van der Waals surface area (Å²) in [6.07, 6.45) is -4.84. The van der Waals surface area contributed by atoms with Gasteiger partial charge in [0.2, 0.25) is 10.0 Å². The zero-order valence-corrected chi connectivity index (χ0v) is 24.1. The molecule has 212 valence electrons. The second kappa shape index (κ2) is 12.0. The third kappa shape index (κ3) is 8.26. The standard InChI is InChI=1S/C22H27Cl2F3N4O5S2/c1-10(2)8-28-18(32)16-17(37-20(30-16)19(33)29-9-21(4,5)34)12-6-7-13(15(24)14(12)23)38(35,36)31-11(3)22(25,26)27/h6-7,10-11,31,34H,8-9H2,1-5H3,(H,28,32)(H,29,33)/t11-/m0/s1. The molecule has 0 fully saturated rings. The zero-order chi connectivity index (χ0) is 29.2. The Hall–Kier alpha value is -1.97.